The van der Waals surface area contributed by atoms with Crippen molar-refractivity contribution in [1.29, 1.82) is 5.26 Å². The van der Waals surface area contributed by atoms with Crippen molar-refractivity contribution >= 4 is 11.7 Å². The lowest BCUT2D eigenvalue weighted by Gasteiger charge is -2.62. The third-order valence-corrected chi connectivity index (χ3v) is 13.0. The molecule has 1 aromatic rings. The van der Waals surface area contributed by atoms with Crippen molar-refractivity contribution in [1.82, 2.24) is 24.5 Å². The molecule has 1 spiro atoms. The molecule has 6 rings (SSSR count). The molecule has 5 aliphatic rings. The van der Waals surface area contributed by atoms with Gasteiger partial charge in [0.15, 0.2) is 12.1 Å². The van der Waals surface area contributed by atoms with Crippen LogP contribution in [-0.2, 0) is 27.2 Å². The van der Waals surface area contributed by atoms with Gasteiger partial charge in [0, 0.05) is 43.6 Å². The van der Waals surface area contributed by atoms with Gasteiger partial charge in [0.1, 0.15) is 0 Å². The number of benzene rings is 1. The van der Waals surface area contributed by atoms with Crippen molar-refractivity contribution in [3.63, 3.8) is 0 Å². The summed E-state index contributed by atoms with van der Waals surface area (Å²) < 4.78 is 7.11. The minimum Gasteiger partial charge on any atom is -0.348 e. The molecule has 1 saturated carbocycles. The fourth-order valence-corrected chi connectivity index (χ4v) is 10.2. The average Bonchev–Trinajstić information content (AvgIpc) is 3.52. The van der Waals surface area contributed by atoms with Crippen molar-refractivity contribution in [3.8, 4) is 6.07 Å². The minimum absolute atomic E-state index is 0.00868. The molecule has 0 aromatic heterocycles. The number of nitriles is 1. The Balaban J connectivity index is 1.39. The van der Waals surface area contributed by atoms with Crippen LogP contribution in [0.3, 0.4) is 0 Å². The van der Waals surface area contributed by atoms with Gasteiger partial charge in [-0.15, -0.1) is 0 Å². The number of nitrogens with zero attached hydrogens (tertiary/aromatic N) is 6. The topological polar surface area (TPSA) is 83.4 Å². The van der Waals surface area contributed by atoms with Gasteiger partial charge in [-0.2, -0.15) is 5.26 Å². The molecule has 2 aliphatic carbocycles. The first-order valence-electron chi connectivity index (χ1n) is 19.3. The fraction of sp³-hybridized carbons (Fsp3) is 0.725. The van der Waals surface area contributed by atoms with Crippen LogP contribution in [0, 0.1) is 28.6 Å². The number of carbonyl (C=O) groups is 2. The van der Waals surface area contributed by atoms with E-state index in [2.05, 4.69) is 84.3 Å². The summed E-state index contributed by atoms with van der Waals surface area (Å²) in [6, 6.07) is 11.0. The van der Waals surface area contributed by atoms with Crippen molar-refractivity contribution in [2.45, 2.75) is 116 Å². The summed E-state index contributed by atoms with van der Waals surface area (Å²) in [7, 11) is 2.20. The number of ketones is 1. The van der Waals surface area contributed by atoms with Gasteiger partial charge in [-0.3, -0.25) is 19.4 Å². The largest absolute Gasteiger partial charge is 0.348 e. The third-order valence-electron chi connectivity index (χ3n) is 13.0. The molecule has 1 amide bonds. The van der Waals surface area contributed by atoms with E-state index in [1.165, 1.54) is 23.6 Å². The molecule has 9 nitrogen and oxygen atoms in total. The quantitative estimate of drug-likeness (QED) is 0.242. The van der Waals surface area contributed by atoms with Crippen LogP contribution in [0.25, 0.3) is 0 Å². The number of unbranched alkanes of at least 4 members (excludes halogenated alkanes) is 2. The van der Waals surface area contributed by atoms with Crippen LogP contribution >= 0.6 is 0 Å². The number of fused-ring (bicyclic) bond motifs is 2. The second kappa shape index (κ2) is 15.7. The van der Waals surface area contributed by atoms with Gasteiger partial charge >= 0.3 is 0 Å². The van der Waals surface area contributed by atoms with Crippen LogP contribution in [0.15, 0.2) is 36.9 Å². The number of rotatable bonds is 11. The molecule has 1 aromatic carbocycles. The highest BCUT2D eigenvalue weighted by molar-refractivity contribution is 5.92. The summed E-state index contributed by atoms with van der Waals surface area (Å²) in [5, 5.41) is 9.83. The maximum atomic E-state index is 15.5. The van der Waals surface area contributed by atoms with Crippen molar-refractivity contribution in [2.75, 3.05) is 52.9 Å². The Labute approximate surface area is 295 Å². The normalized spacial score (nSPS) is 34.5. The zero-order valence-corrected chi connectivity index (χ0v) is 30.6. The van der Waals surface area contributed by atoms with Gasteiger partial charge in [-0.1, -0.05) is 64.5 Å². The van der Waals surface area contributed by atoms with E-state index in [0.29, 0.717) is 38.1 Å². The van der Waals surface area contributed by atoms with Crippen LogP contribution < -0.4 is 0 Å². The molecule has 9 heteroatoms. The second-order valence-corrected chi connectivity index (χ2v) is 15.6. The number of likely N-dealkylation sites (N-methyl/N-ethyl adjacent to an activating group) is 2. The summed E-state index contributed by atoms with van der Waals surface area (Å²) in [4.78, 5) is 40.2. The molecular weight excluding hydrogens is 612 g/mol. The lowest BCUT2D eigenvalue weighted by atomic mass is 9.54. The summed E-state index contributed by atoms with van der Waals surface area (Å²) in [5.41, 5.74) is 2.35. The van der Waals surface area contributed by atoms with E-state index in [1.807, 2.05) is 4.90 Å². The van der Waals surface area contributed by atoms with Crippen LogP contribution in [0.1, 0.15) is 83.3 Å². The van der Waals surface area contributed by atoms with Crippen molar-refractivity contribution in [3.05, 3.63) is 48.0 Å². The Kier molecular flexibility index (Phi) is 11.6. The maximum Gasteiger partial charge on any atom is 0.246 e. The summed E-state index contributed by atoms with van der Waals surface area (Å²) in [5.74, 6) is 0.686. The first-order valence-corrected chi connectivity index (χ1v) is 19.3. The second-order valence-electron chi connectivity index (χ2n) is 15.6. The Hall–Kier alpha value is -2.61. The van der Waals surface area contributed by atoms with Crippen molar-refractivity contribution < 1.29 is 14.3 Å². The highest BCUT2D eigenvalue weighted by atomic mass is 16.5. The van der Waals surface area contributed by atoms with E-state index < -0.39 is 0 Å². The highest BCUT2D eigenvalue weighted by Gasteiger charge is 2.61. The standard InChI is InChI=1S/C40H60N6O3/c1-6-9-12-22-46-38(43-23-24-45(35(47)7-2)32(27-43)18-20-41)34-17-19-40(26-31-15-11-10-14-30(31)25-29(40)4)37(48)36(34)44(8-3)39(46)49-28-33-16-13-21-42(33)5/h7,10-11,14-15,29,32-34,36,38-39H,2,6,8-9,12-13,16-19,21-28H2,1,3-5H3/t29?,32?,33?,34?,36?,38?,39?,40-/m1/s1. The first-order chi connectivity index (χ1) is 23.8. The minimum atomic E-state index is -0.382. The van der Waals surface area contributed by atoms with Crippen LogP contribution in [0.4, 0.5) is 0 Å². The Bertz CT molecular complexity index is 1380. The average molecular weight is 673 g/mol. The van der Waals surface area contributed by atoms with Gasteiger partial charge in [-0.05, 0) is 88.2 Å². The summed E-state index contributed by atoms with van der Waals surface area (Å²) in [6.07, 6.45) is 10.6. The van der Waals surface area contributed by atoms with E-state index >= 15 is 4.79 Å². The van der Waals surface area contributed by atoms with Crippen LogP contribution in [-0.4, -0.2) is 120 Å². The zero-order valence-electron chi connectivity index (χ0n) is 30.6. The number of piperazine rings is 1. The molecule has 3 aliphatic heterocycles. The molecule has 3 saturated heterocycles. The molecule has 0 N–H and O–H groups in total. The smallest absolute Gasteiger partial charge is 0.246 e. The maximum absolute atomic E-state index is 15.5. The number of ether oxygens (including phenoxy) is 1. The summed E-state index contributed by atoms with van der Waals surface area (Å²) >= 11 is 0. The lowest BCUT2D eigenvalue weighted by molar-refractivity contribution is -0.260. The zero-order chi connectivity index (χ0) is 34.7. The number of hydrogen-bond donors (Lipinski definition) is 0. The molecule has 7 unspecified atom stereocenters. The van der Waals surface area contributed by atoms with E-state index in [4.69, 9.17) is 4.74 Å². The predicted molar refractivity (Wildman–Crippen MR) is 192 cm³/mol. The van der Waals surface area contributed by atoms with Crippen LogP contribution in [0.2, 0.25) is 0 Å². The van der Waals surface area contributed by atoms with Gasteiger partial charge < -0.3 is 14.5 Å². The van der Waals surface area contributed by atoms with Crippen molar-refractivity contribution in [2.24, 2.45) is 17.3 Å². The lowest BCUT2D eigenvalue weighted by Crippen LogP contribution is -2.76. The first kappa shape index (κ1) is 36.2. The number of hydrogen-bond acceptors (Lipinski definition) is 8. The molecule has 4 fully saturated rings. The monoisotopic (exact) mass is 672 g/mol. The number of likely N-dealkylation sites (tertiary alicyclic amines) is 1. The molecule has 0 radical (unpaired) electrons. The highest BCUT2D eigenvalue weighted by Crippen LogP contribution is 2.53. The van der Waals surface area contributed by atoms with E-state index in [9.17, 15) is 10.1 Å². The van der Waals surface area contributed by atoms with Gasteiger partial charge in [0.25, 0.3) is 0 Å². The van der Waals surface area contributed by atoms with E-state index in [0.717, 1.165) is 71.0 Å². The molecule has 49 heavy (non-hydrogen) atoms. The Morgan fingerprint density at radius 2 is 1.90 bits per heavy atom. The van der Waals surface area contributed by atoms with E-state index in [1.54, 1.807) is 0 Å². The number of amides is 1. The third kappa shape index (κ3) is 6.89. The molecule has 268 valence electrons. The predicted octanol–water partition coefficient (Wildman–Crippen LogP) is 4.92. The number of Topliss-reactive ketones (excluding diaryl/α,β-unsaturated/α-hetero) is 1. The van der Waals surface area contributed by atoms with E-state index in [-0.39, 0.29) is 54.2 Å². The Morgan fingerprint density at radius 3 is 2.59 bits per heavy atom. The molecule has 0 bridgehead atoms. The molecular formula is C40H60N6O3. The van der Waals surface area contributed by atoms with Gasteiger partial charge in [0.2, 0.25) is 5.91 Å². The summed E-state index contributed by atoms with van der Waals surface area (Å²) in [6.45, 7) is 15.7. The van der Waals surface area contributed by atoms with Gasteiger partial charge in [-0.25, -0.2) is 4.90 Å². The Morgan fingerprint density at radius 1 is 1.10 bits per heavy atom. The van der Waals surface area contributed by atoms with Gasteiger partial charge in [0.05, 0.1) is 37.3 Å². The fourth-order valence-electron chi connectivity index (χ4n) is 10.2. The number of carbonyl (C=O) groups excluding carboxylic acids is 2. The molecule has 8 atom stereocenters. The van der Waals surface area contributed by atoms with Crippen LogP contribution in [0.5, 0.6) is 0 Å². The SMILES string of the molecule is C=CC(=O)N1CCN(C2C3CC[C@]4(Cc5ccccc5CC4C)C(=O)C3N(CC)C(OCC3CCCN3C)N2CCCCC)CC1CC#N. The molecule has 3 heterocycles.